The summed E-state index contributed by atoms with van der Waals surface area (Å²) in [5, 5.41) is 0. The van der Waals surface area contributed by atoms with Crippen molar-refractivity contribution >= 4 is 5.91 Å². The molecule has 0 spiro atoms. The first-order chi connectivity index (χ1) is 11.7. The Balaban J connectivity index is 1.61. The Morgan fingerprint density at radius 1 is 1.00 bits per heavy atom. The van der Waals surface area contributed by atoms with Gasteiger partial charge in [-0.25, -0.2) is 0 Å². The van der Waals surface area contributed by atoms with E-state index in [-0.39, 0.29) is 5.91 Å². The first-order valence-corrected chi connectivity index (χ1v) is 8.32. The summed E-state index contributed by atoms with van der Waals surface area (Å²) in [5.74, 6) is 0.109. The number of carbonyl (C=O) groups is 1. The Bertz CT molecular complexity index is 881. The predicted molar refractivity (Wildman–Crippen MR) is 95.4 cm³/mol. The Morgan fingerprint density at radius 2 is 1.79 bits per heavy atom. The fourth-order valence-electron chi connectivity index (χ4n) is 3.41. The number of carbonyl (C=O) groups excluding carboxylic acids is 1. The highest BCUT2D eigenvalue weighted by Gasteiger charge is 2.22. The first kappa shape index (κ1) is 14.8. The van der Waals surface area contributed by atoms with Crippen LogP contribution in [-0.2, 0) is 13.0 Å². The molecule has 24 heavy (non-hydrogen) atoms. The van der Waals surface area contributed by atoms with Crippen LogP contribution in [0.25, 0.3) is 5.69 Å². The standard InChI is InChI=1S/C21H20N2O/c1-16-6-4-7-17-10-13-23(15-20(16)17)21(24)18-8-5-9-19(14-18)22-11-2-3-12-22/h2-9,11-12,14H,10,13,15H2,1H3. The molecule has 2 heterocycles. The van der Waals surface area contributed by atoms with Crippen molar-refractivity contribution in [2.45, 2.75) is 19.9 Å². The largest absolute Gasteiger partial charge is 0.334 e. The van der Waals surface area contributed by atoms with E-state index < -0.39 is 0 Å². The Kier molecular flexibility index (Phi) is 3.69. The molecule has 1 amide bonds. The average molecular weight is 316 g/mol. The molecule has 3 nitrogen and oxygen atoms in total. The van der Waals surface area contributed by atoms with Crippen LogP contribution >= 0.6 is 0 Å². The summed E-state index contributed by atoms with van der Waals surface area (Å²) in [7, 11) is 0. The summed E-state index contributed by atoms with van der Waals surface area (Å²) in [6.45, 7) is 3.61. The third-order valence-corrected chi connectivity index (χ3v) is 4.79. The first-order valence-electron chi connectivity index (χ1n) is 8.32. The zero-order valence-corrected chi connectivity index (χ0v) is 13.8. The molecular weight excluding hydrogens is 296 g/mol. The van der Waals surface area contributed by atoms with Gasteiger partial charge in [-0.2, -0.15) is 0 Å². The lowest BCUT2D eigenvalue weighted by Gasteiger charge is -2.30. The Morgan fingerprint density at radius 3 is 2.62 bits per heavy atom. The van der Waals surface area contributed by atoms with E-state index >= 15 is 0 Å². The molecule has 0 bridgehead atoms. The van der Waals surface area contributed by atoms with Crippen molar-refractivity contribution in [1.29, 1.82) is 0 Å². The smallest absolute Gasteiger partial charge is 0.254 e. The van der Waals surface area contributed by atoms with E-state index in [4.69, 9.17) is 0 Å². The second-order valence-electron chi connectivity index (χ2n) is 6.33. The molecule has 3 aromatic rings. The van der Waals surface area contributed by atoms with Gasteiger partial charge < -0.3 is 9.47 Å². The van der Waals surface area contributed by atoms with Crippen LogP contribution in [0.3, 0.4) is 0 Å². The number of hydrogen-bond donors (Lipinski definition) is 0. The number of aromatic nitrogens is 1. The van der Waals surface area contributed by atoms with E-state index in [2.05, 4.69) is 25.1 Å². The van der Waals surface area contributed by atoms with Gasteiger partial charge >= 0.3 is 0 Å². The van der Waals surface area contributed by atoms with Crippen LogP contribution in [0, 0.1) is 6.92 Å². The summed E-state index contributed by atoms with van der Waals surface area (Å²) < 4.78 is 2.02. The molecule has 2 aromatic carbocycles. The van der Waals surface area contributed by atoms with Crippen molar-refractivity contribution in [3.63, 3.8) is 0 Å². The molecule has 1 aliphatic heterocycles. The number of fused-ring (bicyclic) bond motifs is 1. The van der Waals surface area contributed by atoms with Crippen LogP contribution in [0.5, 0.6) is 0 Å². The van der Waals surface area contributed by atoms with Gasteiger partial charge in [-0.05, 0) is 60.4 Å². The molecule has 1 aromatic heterocycles. The number of aryl methyl sites for hydroxylation is 1. The molecule has 0 unspecified atom stereocenters. The number of nitrogens with zero attached hydrogens (tertiary/aromatic N) is 2. The summed E-state index contributed by atoms with van der Waals surface area (Å²) in [6, 6.07) is 18.2. The van der Waals surface area contributed by atoms with Crippen LogP contribution < -0.4 is 0 Å². The number of rotatable bonds is 2. The lowest BCUT2D eigenvalue weighted by Crippen LogP contribution is -2.36. The molecule has 0 N–H and O–H groups in total. The van der Waals surface area contributed by atoms with Gasteiger partial charge in [0.15, 0.2) is 0 Å². The van der Waals surface area contributed by atoms with E-state index in [1.54, 1.807) is 0 Å². The number of benzene rings is 2. The molecule has 0 radical (unpaired) electrons. The van der Waals surface area contributed by atoms with Crippen molar-refractivity contribution in [2.75, 3.05) is 6.54 Å². The van der Waals surface area contributed by atoms with Crippen LogP contribution in [0.1, 0.15) is 27.0 Å². The number of amides is 1. The number of hydrogen-bond acceptors (Lipinski definition) is 1. The van der Waals surface area contributed by atoms with Crippen molar-refractivity contribution in [3.05, 3.63) is 89.2 Å². The maximum Gasteiger partial charge on any atom is 0.254 e. The minimum Gasteiger partial charge on any atom is -0.334 e. The molecule has 4 rings (SSSR count). The normalized spacial score (nSPS) is 13.6. The molecule has 0 atom stereocenters. The average Bonchev–Trinajstić information content (AvgIpc) is 3.16. The second kappa shape index (κ2) is 6.00. The van der Waals surface area contributed by atoms with Gasteiger partial charge in [0.25, 0.3) is 5.91 Å². The zero-order valence-electron chi connectivity index (χ0n) is 13.8. The summed E-state index contributed by atoms with van der Waals surface area (Å²) >= 11 is 0. The molecule has 120 valence electrons. The van der Waals surface area contributed by atoms with Gasteiger partial charge in [-0.15, -0.1) is 0 Å². The summed E-state index contributed by atoms with van der Waals surface area (Å²) in [5.41, 5.74) is 5.71. The van der Waals surface area contributed by atoms with E-state index in [0.29, 0.717) is 6.54 Å². The minimum atomic E-state index is 0.109. The zero-order chi connectivity index (χ0) is 16.5. The van der Waals surface area contributed by atoms with Gasteiger partial charge in [-0.3, -0.25) is 4.79 Å². The SMILES string of the molecule is Cc1cccc2c1CN(C(=O)c1cccc(-n3cccc3)c1)CC2. The lowest BCUT2D eigenvalue weighted by molar-refractivity contribution is 0.0734. The third kappa shape index (κ3) is 2.62. The van der Waals surface area contributed by atoms with Gasteiger partial charge in [0.1, 0.15) is 0 Å². The highest BCUT2D eigenvalue weighted by molar-refractivity contribution is 5.95. The Labute approximate surface area is 142 Å². The quantitative estimate of drug-likeness (QED) is 0.702. The molecule has 0 saturated carbocycles. The third-order valence-electron chi connectivity index (χ3n) is 4.79. The van der Waals surface area contributed by atoms with Crippen LogP contribution in [-0.4, -0.2) is 21.9 Å². The summed E-state index contributed by atoms with van der Waals surface area (Å²) in [6.07, 6.45) is 4.91. The van der Waals surface area contributed by atoms with E-state index in [1.165, 1.54) is 16.7 Å². The lowest BCUT2D eigenvalue weighted by atomic mass is 9.95. The highest BCUT2D eigenvalue weighted by Crippen LogP contribution is 2.24. The van der Waals surface area contributed by atoms with E-state index in [9.17, 15) is 4.79 Å². The molecule has 0 saturated heterocycles. The molecule has 0 aliphatic carbocycles. The molecule has 3 heteroatoms. The van der Waals surface area contributed by atoms with Gasteiger partial charge in [0.05, 0.1) is 0 Å². The molecular formula is C21H20N2O. The van der Waals surface area contributed by atoms with Gasteiger partial charge in [0, 0.05) is 36.7 Å². The van der Waals surface area contributed by atoms with E-state index in [0.717, 1.165) is 24.2 Å². The topological polar surface area (TPSA) is 25.2 Å². The van der Waals surface area contributed by atoms with Gasteiger partial charge in [-0.1, -0.05) is 24.3 Å². The van der Waals surface area contributed by atoms with Crippen molar-refractivity contribution in [2.24, 2.45) is 0 Å². The fourth-order valence-corrected chi connectivity index (χ4v) is 3.41. The monoisotopic (exact) mass is 316 g/mol. The van der Waals surface area contributed by atoms with Crippen LogP contribution in [0.4, 0.5) is 0 Å². The van der Waals surface area contributed by atoms with E-state index in [1.807, 2.05) is 58.3 Å². The van der Waals surface area contributed by atoms with Crippen LogP contribution in [0.2, 0.25) is 0 Å². The van der Waals surface area contributed by atoms with Crippen molar-refractivity contribution in [3.8, 4) is 5.69 Å². The predicted octanol–water partition coefficient (Wildman–Crippen LogP) is 3.98. The Hall–Kier alpha value is -2.81. The minimum absolute atomic E-state index is 0.109. The van der Waals surface area contributed by atoms with Crippen LogP contribution in [0.15, 0.2) is 67.0 Å². The summed E-state index contributed by atoms with van der Waals surface area (Å²) in [4.78, 5) is 14.9. The highest BCUT2D eigenvalue weighted by atomic mass is 16.2. The second-order valence-corrected chi connectivity index (χ2v) is 6.33. The van der Waals surface area contributed by atoms with Gasteiger partial charge in [0.2, 0.25) is 0 Å². The van der Waals surface area contributed by atoms with Crippen molar-refractivity contribution < 1.29 is 4.79 Å². The molecule has 0 fully saturated rings. The maximum absolute atomic E-state index is 13.0. The fraction of sp³-hybridized carbons (Fsp3) is 0.190. The maximum atomic E-state index is 13.0. The molecule has 1 aliphatic rings. The van der Waals surface area contributed by atoms with Crippen molar-refractivity contribution in [1.82, 2.24) is 9.47 Å².